The second-order valence-corrected chi connectivity index (χ2v) is 2.17. The Morgan fingerprint density at radius 3 is 2.57 bits per heavy atom. The van der Waals surface area contributed by atoms with Gasteiger partial charge in [-0.1, -0.05) is 12.2 Å². The Labute approximate surface area is 55.7 Å². The first-order valence-electron chi connectivity index (χ1n) is 2.46. The molecule has 0 unspecified atom stereocenters. The monoisotopic (exact) mass is 134 g/mol. The van der Waals surface area contributed by atoms with Crippen LogP contribution in [-0.4, -0.2) is 11.1 Å². The van der Waals surface area contributed by atoms with Crippen molar-refractivity contribution in [2.24, 2.45) is 0 Å². The molecule has 0 aliphatic rings. The predicted molar refractivity (Wildman–Crippen MR) is 41.4 cm³/mol. The number of thiol groups is 1. The van der Waals surface area contributed by atoms with Gasteiger partial charge in [0.05, 0.1) is 0 Å². The van der Waals surface area contributed by atoms with E-state index in [1.165, 1.54) is 12.8 Å². The van der Waals surface area contributed by atoms with Gasteiger partial charge >= 0.3 is 0 Å². The molecule has 0 amide bonds. The van der Waals surface area contributed by atoms with Crippen molar-refractivity contribution in [2.45, 2.75) is 19.3 Å². The van der Waals surface area contributed by atoms with Crippen LogP contribution in [0.15, 0.2) is 0 Å². The standard InChI is InChI=1S/C5H10S2/c6-4-2-1-3-5-7/h4,7H,1-3,5H2. The molecule has 7 heavy (non-hydrogen) atoms. The van der Waals surface area contributed by atoms with Gasteiger partial charge < -0.3 is 0 Å². The number of rotatable bonds is 4. The number of unbranched alkanes of at least 4 members (excludes halogenated alkanes) is 2. The highest BCUT2D eigenvalue weighted by Crippen LogP contribution is 1.93. The molecule has 0 aromatic carbocycles. The van der Waals surface area contributed by atoms with E-state index in [-0.39, 0.29) is 0 Å². The highest BCUT2D eigenvalue weighted by atomic mass is 32.1. The highest BCUT2D eigenvalue weighted by molar-refractivity contribution is 7.80. The zero-order valence-electron chi connectivity index (χ0n) is 4.26. The Morgan fingerprint density at radius 1 is 1.43 bits per heavy atom. The number of thiocarbonyl (C=S) groups is 1. The molecule has 0 saturated carbocycles. The average Bonchev–Trinajstić information content (AvgIpc) is 1.69. The van der Waals surface area contributed by atoms with Crippen molar-refractivity contribution >= 4 is 30.2 Å². The molecular formula is C5H10S2. The molecule has 0 N–H and O–H groups in total. The lowest BCUT2D eigenvalue weighted by atomic mass is 10.3. The van der Waals surface area contributed by atoms with Crippen molar-refractivity contribution < 1.29 is 0 Å². The summed E-state index contributed by atoms with van der Waals surface area (Å²) in [5.41, 5.74) is 0. The van der Waals surface area contributed by atoms with Gasteiger partial charge in [0.1, 0.15) is 0 Å². The smallest absolute Gasteiger partial charge is 0.00978 e. The molecular weight excluding hydrogens is 124 g/mol. The molecule has 0 saturated heterocycles. The van der Waals surface area contributed by atoms with Crippen LogP contribution in [0.5, 0.6) is 0 Å². The summed E-state index contributed by atoms with van der Waals surface area (Å²) in [4.78, 5) is 0. The predicted octanol–water partition coefficient (Wildman–Crippen LogP) is 2.09. The summed E-state index contributed by atoms with van der Waals surface area (Å²) in [6.07, 6.45) is 3.46. The third kappa shape index (κ3) is 6.44. The van der Waals surface area contributed by atoms with E-state index in [2.05, 4.69) is 24.8 Å². The maximum Gasteiger partial charge on any atom is -0.00978 e. The van der Waals surface area contributed by atoms with Gasteiger partial charge in [-0.2, -0.15) is 12.6 Å². The first-order valence-corrected chi connectivity index (χ1v) is 3.56. The summed E-state index contributed by atoms with van der Waals surface area (Å²) < 4.78 is 0. The minimum atomic E-state index is 0.989. The average molecular weight is 134 g/mol. The van der Waals surface area contributed by atoms with E-state index in [0.29, 0.717) is 0 Å². The van der Waals surface area contributed by atoms with Gasteiger partial charge in [-0.15, -0.1) is 0 Å². The van der Waals surface area contributed by atoms with Crippen LogP contribution < -0.4 is 0 Å². The van der Waals surface area contributed by atoms with Gasteiger partial charge in [-0.05, 0) is 30.4 Å². The summed E-state index contributed by atoms with van der Waals surface area (Å²) in [5, 5.41) is 1.78. The Bertz CT molecular complexity index is 43.3. The fourth-order valence-corrected chi connectivity index (χ4v) is 0.730. The molecule has 0 aromatic heterocycles. The Morgan fingerprint density at radius 2 is 2.14 bits per heavy atom. The first kappa shape index (κ1) is 7.44. The van der Waals surface area contributed by atoms with E-state index >= 15 is 0 Å². The van der Waals surface area contributed by atoms with Gasteiger partial charge in [0.25, 0.3) is 0 Å². The van der Waals surface area contributed by atoms with Crippen LogP contribution in [0, 0.1) is 0 Å². The van der Waals surface area contributed by atoms with Crippen molar-refractivity contribution in [3.8, 4) is 0 Å². The van der Waals surface area contributed by atoms with Crippen molar-refractivity contribution in [3.63, 3.8) is 0 Å². The summed E-state index contributed by atoms with van der Waals surface area (Å²) in [6.45, 7) is 0. The van der Waals surface area contributed by atoms with Crippen molar-refractivity contribution in [1.29, 1.82) is 0 Å². The summed E-state index contributed by atoms with van der Waals surface area (Å²) in [5.74, 6) is 0.989. The Kier molecular flexibility index (Phi) is 6.84. The van der Waals surface area contributed by atoms with E-state index in [1.807, 2.05) is 0 Å². The molecule has 0 nitrogen and oxygen atoms in total. The third-order valence-corrected chi connectivity index (χ3v) is 1.28. The largest absolute Gasteiger partial charge is 0.179 e. The normalized spacial score (nSPS) is 8.71. The molecule has 0 aliphatic carbocycles. The quantitative estimate of drug-likeness (QED) is 0.349. The minimum absolute atomic E-state index is 0.989. The van der Waals surface area contributed by atoms with Gasteiger partial charge in [-0.3, -0.25) is 0 Å². The molecule has 0 radical (unpaired) electrons. The molecule has 42 valence electrons. The number of hydrogen-bond acceptors (Lipinski definition) is 2. The van der Waals surface area contributed by atoms with E-state index < -0.39 is 0 Å². The Balaban J connectivity index is 2.56. The van der Waals surface area contributed by atoms with E-state index in [1.54, 1.807) is 5.37 Å². The van der Waals surface area contributed by atoms with Gasteiger partial charge in [-0.25, -0.2) is 0 Å². The van der Waals surface area contributed by atoms with Gasteiger partial charge in [0.2, 0.25) is 0 Å². The molecule has 0 aliphatic heterocycles. The topological polar surface area (TPSA) is 0 Å². The summed E-state index contributed by atoms with van der Waals surface area (Å²) in [6, 6.07) is 0. The molecule has 0 heterocycles. The van der Waals surface area contributed by atoms with E-state index in [4.69, 9.17) is 0 Å². The van der Waals surface area contributed by atoms with Crippen LogP contribution in [0.4, 0.5) is 0 Å². The SMILES string of the molecule is S=CCCCCS. The van der Waals surface area contributed by atoms with E-state index in [9.17, 15) is 0 Å². The van der Waals surface area contributed by atoms with Crippen molar-refractivity contribution in [3.05, 3.63) is 0 Å². The molecule has 0 fully saturated rings. The van der Waals surface area contributed by atoms with Crippen LogP contribution in [0.2, 0.25) is 0 Å². The molecule has 2 heteroatoms. The first-order chi connectivity index (χ1) is 3.41. The second-order valence-electron chi connectivity index (χ2n) is 1.39. The van der Waals surface area contributed by atoms with Crippen LogP contribution in [-0.2, 0) is 0 Å². The molecule has 0 aromatic rings. The van der Waals surface area contributed by atoms with E-state index in [0.717, 1.165) is 12.2 Å². The lowest BCUT2D eigenvalue weighted by molar-refractivity contribution is 0.858. The van der Waals surface area contributed by atoms with Gasteiger partial charge in [0.15, 0.2) is 0 Å². The minimum Gasteiger partial charge on any atom is -0.179 e. The van der Waals surface area contributed by atoms with Crippen molar-refractivity contribution in [2.75, 3.05) is 5.75 Å². The number of hydrogen-bond donors (Lipinski definition) is 1. The van der Waals surface area contributed by atoms with Crippen LogP contribution in [0.3, 0.4) is 0 Å². The fourth-order valence-electron chi connectivity index (χ4n) is 0.339. The molecule has 0 bridgehead atoms. The summed E-state index contributed by atoms with van der Waals surface area (Å²) in [7, 11) is 0. The zero-order valence-corrected chi connectivity index (χ0v) is 5.97. The zero-order chi connectivity index (χ0) is 5.54. The van der Waals surface area contributed by atoms with Gasteiger partial charge in [0, 0.05) is 0 Å². The maximum absolute atomic E-state index is 4.62. The lowest BCUT2D eigenvalue weighted by Crippen LogP contribution is -1.75. The van der Waals surface area contributed by atoms with Crippen LogP contribution >= 0.6 is 24.8 Å². The Hall–Kier alpha value is 0.440. The maximum atomic E-state index is 4.62. The second kappa shape index (κ2) is 6.44. The van der Waals surface area contributed by atoms with Crippen molar-refractivity contribution in [1.82, 2.24) is 0 Å². The molecule has 0 spiro atoms. The third-order valence-electron chi connectivity index (χ3n) is 0.730. The molecule has 0 rings (SSSR count). The lowest BCUT2D eigenvalue weighted by Gasteiger charge is -1.86. The van der Waals surface area contributed by atoms with Crippen LogP contribution in [0.25, 0.3) is 0 Å². The van der Waals surface area contributed by atoms with Crippen LogP contribution in [0.1, 0.15) is 19.3 Å². The summed E-state index contributed by atoms with van der Waals surface area (Å²) >= 11 is 8.66. The highest BCUT2D eigenvalue weighted by Gasteiger charge is 1.78. The fraction of sp³-hybridized carbons (Fsp3) is 0.800. The molecule has 0 atom stereocenters.